The summed E-state index contributed by atoms with van der Waals surface area (Å²) >= 11 is 6.36. The van der Waals surface area contributed by atoms with Crippen LogP contribution < -0.4 is 16.0 Å². The Morgan fingerprint density at radius 3 is 2.73 bits per heavy atom. The summed E-state index contributed by atoms with van der Waals surface area (Å²) in [6.07, 6.45) is 2.64. The van der Waals surface area contributed by atoms with Crippen LogP contribution in [0.25, 0.3) is 0 Å². The van der Waals surface area contributed by atoms with Crippen LogP contribution in [0.1, 0.15) is 36.1 Å². The van der Waals surface area contributed by atoms with E-state index in [1.54, 1.807) is 6.20 Å². The molecule has 0 saturated carbocycles. The second-order valence-corrected chi connectivity index (χ2v) is 8.63. The molecular weight excluding hydrogens is 398 g/mol. The van der Waals surface area contributed by atoms with Crippen LogP contribution in [0, 0.1) is 0 Å². The van der Waals surface area contributed by atoms with Gasteiger partial charge in [0.15, 0.2) is 5.82 Å². The van der Waals surface area contributed by atoms with Gasteiger partial charge in [-0.25, -0.2) is 4.98 Å². The van der Waals surface area contributed by atoms with Gasteiger partial charge in [-0.1, -0.05) is 23.7 Å². The van der Waals surface area contributed by atoms with Crippen LogP contribution >= 0.6 is 11.6 Å². The van der Waals surface area contributed by atoms with Gasteiger partial charge >= 0.3 is 0 Å². The van der Waals surface area contributed by atoms with Crippen molar-refractivity contribution in [3.63, 3.8) is 0 Å². The smallest absolute Gasteiger partial charge is 0.229 e. The van der Waals surface area contributed by atoms with Gasteiger partial charge in [-0.2, -0.15) is 4.98 Å². The fourth-order valence-corrected chi connectivity index (χ4v) is 4.19. The highest BCUT2D eigenvalue weighted by Crippen LogP contribution is 2.37. The van der Waals surface area contributed by atoms with E-state index in [2.05, 4.69) is 70.1 Å². The highest BCUT2D eigenvalue weighted by atomic mass is 35.5. The average molecular weight is 422 g/mol. The first-order valence-electron chi connectivity index (χ1n) is 10.1. The van der Waals surface area contributed by atoms with E-state index in [9.17, 15) is 0 Å². The predicted octanol–water partition coefficient (Wildman–Crippen LogP) is 5.03. The van der Waals surface area contributed by atoms with Crippen LogP contribution in [0.3, 0.4) is 0 Å². The standard InChI is InChI=1S/C23H24ClN5O/c1-23(2)19-6-5-17(10-16(19)13-30-23)27-21-20(24)12-26-22(29-21)28-18-4-3-15-11-25-8-7-14(15)9-18/h3-6,9-10,12,25H,7-8,11,13H2,1-2H3,(H2,26,27,28,29). The quantitative estimate of drug-likeness (QED) is 0.549. The molecule has 0 unspecified atom stereocenters. The van der Waals surface area contributed by atoms with E-state index in [1.807, 2.05) is 6.07 Å². The van der Waals surface area contributed by atoms with Crippen LogP contribution in [0.4, 0.5) is 23.1 Å². The van der Waals surface area contributed by atoms with Crippen LogP contribution in [-0.2, 0) is 29.9 Å². The third-order valence-corrected chi connectivity index (χ3v) is 5.97. The number of hydrogen-bond acceptors (Lipinski definition) is 6. The third-order valence-electron chi connectivity index (χ3n) is 5.70. The maximum Gasteiger partial charge on any atom is 0.229 e. The Hall–Kier alpha value is -2.67. The third kappa shape index (κ3) is 3.74. The molecule has 2 aromatic carbocycles. The Labute approximate surface area is 181 Å². The summed E-state index contributed by atoms with van der Waals surface area (Å²) in [7, 11) is 0. The van der Waals surface area contributed by atoms with Crippen molar-refractivity contribution >= 4 is 34.7 Å². The van der Waals surface area contributed by atoms with Gasteiger partial charge in [-0.05, 0) is 73.3 Å². The lowest BCUT2D eigenvalue weighted by atomic mass is 9.96. The van der Waals surface area contributed by atoms with Crippen molar-refractivity contribution < 1.29 is 4.74 Å². The maximum absolute atomic E-state index is 6.36. The molecule has 0 fully saturated rings. The number of aromatic nitrogens is 2. The first kappa shape index (κ1) is 19.3. The highest BCUT2D eigenvalue weighted by Gasteiger charge is 2.30. The summed E-state index contributed by atoms with van der Waals surface area (Å²) in [5, 5.41) is 10.5. The van der Waals surface area contributed by atoms with Crippen molar-refractivity contribution in [3.8, 4) is 0 Å². The van der Waals surface area contributed by atoms with Crippen molar-refractivity contribution in [2.24, 2.45) is 0 Å². The molecule has 0 amide bonds. The first-order valence-corrected chi connectivity index (χ1v) is 10.5. The Balaban J connectivity index is 1.37. The molecule has 154 valence electrons. The normalized spacial score (nSPS) is 16.6. The topological polar surface area (TPSA) is 71.1 Å². The Kier molecular flexibility index (Phi) is 4.85. The van der Waals surface area contributed by atoms with Crippen LogP contribution in [0.2, 0.25) is 5.02 Å². The number of ether oxygens (including phenoxy) is 1. The molecule has 1 aromatic heterocycles. The largest absolute Gasteiger partial charge is 0.366 e. The van der Waals surface area contributed by atoms with Crippen LogP contribution in [0.5, 0.6) is 0 Å². The molecular formula is C23H24ClN5O. The summed E-state index contributed by atoms with van der Waals surface area (Å²) in [5.74, 6) is 1.07. The second-order valence-electron chi connectivity index (χ2n) is 8.22. The maximum atomic E-state index is 6.36. The Morgan fingerprint density at radius 2 is 1.83 bits per heavy atom. The van der Waals surface area contributed by atoms with E-state index < -0.39 is 0 Å². The van der Waals surface area contributed by atoms with Gasteiger partial charge in [0.05, 0.1) is 18.4 Å². The molecule has 2 aliphatic heterocycles. The molecule has 30 heavy (non-hydrogen) atoms. The lowest BCUT2D eigenvalue weighted by Crippen LogP contribution is -2.23. The van der Waals surface area contributed by atoms with Crippen molar-refractivity contribution in [1.82, 2.24) is 15.3 Å². The fourth-order valence-electron chi connectivity index (χ4n) is 4.05. The second kappa shape index (κ2) is 7.54. The van der Waals surface area contributed by atoms with Gasteiger partial charge in [0, 0.05) is 17.9 Å². The van der Waals surface area contributed by atoms with E-state index in [1.165, 1.54) is 22.3 Å². The number of anilines is 4. The Bertz CT molecular complexity index is 1110. The highest BCUT2D eigenvalue weighted by molar-refractivity contribution is 6.32. The minimum Gasteiger partial charge on any atom is -0.366 e. The van der Waals surface area contributed by atoms with Gasteiger partial charge in [-0.15, -0.1) is 0 Å². The zero-order valence-corrected chi connectivity index (χ0v) is 17.8. The first-order chi connectivity index (χ1) is 14.5. The molecule has 7 heteroatoms. The SMILES string of the molecule is CC1(C)OCc2cc(Nc3nc(Nc4ccc5c(c4)CCNC5)ncc3Cl)ccc21. The summed E-state index contributed by atoms with van der Waals surface area (Å²) in [6, 6.07) is 12.6. The molecule has 0 saturated heterocycles. The van der Waals surface area contributed by atoms with Crippen molar-refractivity contribution in [3.05, 3.63) is 69.9 Å². The Morgan fingerprint density at radius 1 is 1.03 bits per heavy atom. The summed E-state index contributed by atoms with van der Waals surface area (Å²) in [5.41, 5.74) is 6.74. The number of benzene rings is 2. The molecule has 3 aromatic rings. The van der Waals surface area contributed by atoms with Gasteiger partial charge in [-0.3, -0.25) is 0 Å². The molecule has 0 bridgehead atoms. The van der Waals surface area contributed by atoms with Gasteiger partial charge in [0.1, 0.15) is 5.02 Å². The lowest BCUT2D eigenvalue weighted by Gasteiger charge is -2.18. The summed E-state index contributed by atoms with van der Waals surface area (Å²) in [4.78, 5) is 8.93. The summed E-state index contributed by atoms with van der Waals surface area (Å²) < 4.78 is 5.87. The summed E-state index contributed by atoms with van der Waals surface area (Å²) in [6.45, 7) is 6.70. The van der Waals surface area contributed by atoms with Gasteiger partial charge in [0.2, 0.25) is 5.95 Å². The minimum absolute atomic E-state index is 0.248. The number of halogens is 1. The molecule has 2 aliphatic rings. The monoisotopic (exact) mass is 421 g/mol. The molecule has 0 aliphatic carbocycles. The number of rotatable bonds is 4. The number of hydrogen-bond donors (Lipinski definition) is 3. The molecule has 6 nitrogen and oxygen atoms in total. The zero-order valence-electron chi connectivity index (χ0n) is 17.1. The number of nitrogens with zero attached hydrogens (tertiary/aromatic N) is 2. The molecule has 3 N–H and O–H groups in total. The average Bonchev–Trinajstić information content (AvgIpc) is 3.04. The fraction of sp³-hybridized carbons (Fsp3) is 0.304. The number of fused-ring (bicyclic) bond motifs is 2. The molecule has 0 radical (unpaired) electrons. The molecule has 5 rings (SSSR count). The molecule has 3 heterocycles. The molecule has 0 atom stereocenters. The van der Waals surface area contributed by atoms with Crippen molar-refractivity contribution in [1.29, 1.82) is 0 Å². The predicted molar refractivity (Wildman–Crippen MR) is 120 cm³/mol. The van der Waals surface area contributed by atoms with E-state index in [-0.39, 0.29) is 5.60 Å². The van der Waals surface area contributed by atoms with Crippen LogP contribution in [0.15, 0.2) is 42.6 Å². The van der Waals surface area contributed by atoms with Gasteiger partial charge in [0.25, 0.3) is 0 Å². The molecule has 0 spiro atoms. The minimum atomic E-state index is -0.248. The van der Waals surface area contributed by atoms with Crippen LogP contribution in [-0.4, -0.2) is 16.5 Å². The zero-order chi connectivity index (χ0) is 20.7. The van der Waals surface area contributed by atoms with Gasteiger partial charge < -0.3 is 20.7 Å². The number of nitrogens with one attached hydrogen (secondary N) is 3. The van der Waals surface area contributed by atoms with Crippen molar-refractivity contribution in [2.75, 3.05) is 17.2 Å². The van der Waals surface area contributed by atoms with Crippen molar-refractivity contribution in [2.45, 2.75) is 39.0 Å². The van der Waals surface area contributed by atoms with E-state index >= 15 is 0 Å². The van der Waals surface area contributed by atoms with E-state index in [0.29, 0.717) is 23.4 Å². The lowest BCUT2D eigenvalue weighted by molar-refractivity contribution is -0.00789. The van der Waals surface area contributed by atoms with E-state index in [4.69, 9.17) is 16.3 Å². The van der Waals surface area contributed by atoms with E-state index in [0.717, 1.165) is 30.9 Å².